The minimum absolute atomic E-state index is 0.0208. The molecule has 25 heavy (non-hydrogen) atoms. The molecule has 1 unspecified atom stereocenters. The van der Waals surface area contributed by atoms with Gasteiger partial charge in [-0.15, -0.1) is 0 Å². The Morgan fingerprint density at radius 1 is 1.44 bits per heavy atom. The summed E-state index contributed by atoms with van der Waals surface area (Å²) in [7, 11) is 0. The lowest BCUT2D eigenvalue weighted by Crippen LogP contribution is -2.39. The number of carbonyl (C=O) groups excluding carboxylic acids is 1. The number of amides is 1. The summed E-state index contributed by atoms with van der Waals surface area (Å²) in [6, 6.07) is 3.50. The van der Waals surface area contributed by atoms with Crippen LogP contribution in [0.15, 0.2) is 22.9 Å². The van der Waals surface area contributed by atoms with E-state index < -0.39 is 0 Å². The maximum atomic E-state index is 12.8. The number of nitrogens with zero attached hydrogens (tertiary/aromatic N) is 4. The molecule has 3 rings (SSSR count). The first-order valence-corrected chi connectivity index (χ1v) is 8.81. The molecule has 0 radical (unpaired) electrons. The number of rotatable bonds is 5. The van der Waals surface area contributed by atoms with Gasteiger partial charge >= 0.3 is 0 Å². The molecule has 1 atom stereocenters. The Bertz CT molecular complexity index is 711. The van der Waals surface area contributed by atoms with E-state index in [1.165, 1.54) is 0 Å². The van der Waals surface area contributed by atoms with Crippen molar-refractivity contribution >= 4 is 5.91 Å². The fourth-order valence-electron chi connectivity index (χ4n) is 2.95. The normalized spacial score (nSPS) is 17.8. The minimum Gasteiger partial charge on any atom is -0.475 e. The lowest BCUT2D eigenvalue weighted by Gasteiger charge is -2.31. The van der Waals surface area contributed by atoms with Crippen LogP contribution in [0.4, 0.5) is 0 Å². The van der Waals surface area contributed by atoms with Gasteiger partial charge in [-0.3, -0.25) is 4.79 Å². The van der Waals surface area contributed by atoms with Crippen molar-refractivity contribution in [3.63, 3.8) is 0 Å². The highest BCUT2D eigenvalue weighted by molar-refractivity contribution is 5.94. The summed E-state index contributed by atoms with van der Waals surface area (Å²) in [6.07, 6.45) is 4.24. The van der Waals surface area contributed by atoms with Gasteiger partial charge in [-0.05, 0) is 32.8 Å². The number of carbonyl (C=O) groups is 1. The Morgan fingerprint density at radius 2 is 2.28 bits per heavy atom. The van der Waals surface area contributed by atoms with Gasteiger partial charge in [0.1, 0.15) is 0 Å². The summed E-state index contributed by atoms with van der Waals surface area (Å²) in [6.45, 7) is 7.20. The van der Waals surface area contributed by atoms with Crippen LogP contribution >= 0.6 is 0 Å². The van der Waals surface area contributed by atoms with E-state index in [0.29, 0.717) is 29.7 Å². The minimum atomic E-state index is -0.0208. The van der Waals surface area contributed by atoms with E-state index in [2.05, 4.69) is 15.1 Å². The smallest absolute Gasteiger partial charge is 0.255 e. The Labute approximate surface area is 147 Å². The third kappa shape index (κ3) is 4.15. The summed E-state index contributed by atoms with van der Waals surface area (Å²) >= 11 is 0. The van der Waals surface area contributed by atoms with E-state index in [-0.39, 0.29) is 17.9 Å². The number of hydrogen-bond acceptors (Lipinski definition) is 6. The molecule has 0 aliphatic carbocycles. The van der Waals surface area contributed by atoms with Gasteiger partial charge in [-0.2, -0.15) is 4.98 Å². The highest BCUT2D eigenvalue weighted by Gasteiger charge is 2.28. The van der Waals surface area contributed by atoms with Crippen LogP contribution in [0.25, 0.3) is 0 Å². The van der Waals surface area contributed by atoms with Gasteiger partial charge < -0.3 is 14.2 Å². The van der Waals surface area contributed by atoms with Crippen LogP contribution in [0, 0.1) is 0 Å². The molecule has 0 aromatic carbocycles. The monoisotopic (exact) mass is 344 g/mol. The van der Waals surface area contributed by atoms with E-state index in [4.69, 9.17) is 9.26 Å². The van der Waals surface area contributed by atoms with Gasteiger partial charge in [-0.1, -0.05) is 12.1 Å². The van der Waals surface area contributed by atoms with Gasteiger partial charge in [0.25, 0.3) is 5.91 Å². The number of piperidine rings is 1. The van der Waals surface area contributed by atoms with Crippen molar-refractivity contribution in [2.24, 2.45) is 0 Å². The molecule has 7 nitrogen and oxygen atoms in total. The van der Waals surface area contributed by atoms with Gasteiger partial charge in [0.15, 0.2) is 5.82 Å². The summed E-state index contributed by atoms with van der Waals surface area (Å²) < 4.78 is 10.7. The summed E-state index contributed by atoms with van der Waals surface area (Å²) in [5.41, 5.74) is 0.569. The SMILES string of the molecule is CCc1nc(C2CCCN(C(=O)c3ccc(OC(C)C)nc3)C2)no1. The lowest BCUT2D eigenvalue weighted by molar-refractivity contribution is 0.0703. The molecule has 1 saturated heterocycles. The average molecular weight is 344 g/mol. The highest BCUT2D eigenvalue weighted by atomic mass is 16.5. The number of aromatic nitrogens is 3. The third-order valence-electron chi connectivity index (χ3n) is 4.20. The maximum absolute atomic E-state index is 12.8. The molecule has 1 fully saturated rings. The van der Waals surface area contributed by atoms with Crippen molar-refractivity contribution in [3.05, 3.63) is 35.6 Å². The van der Waals surface area contributed by atoms with Crippen LogP contribution in [-0.2, 0) is 6.42 Å². The first-order valence-electron chi connectivity index (χ1n) is 8.81. The van der Waals surface area contributed by atoms with Crippen molar-refractivity contribution in [1.29, 1.82) is 0 Å². The van der Waals surface area contributed by atoms with Crippen molar-refractivity contribution in [3.8, 4) is 5.88 Å². The Balaban J connectivity index is 1.67. The predicted octanol–water partition coefficient (Wildman–Crippen LogP) is 2.83. The standard InChI is InChI=1S/C18H24N4O3/c1-4-15-20-17(21-25-15)14-6-5-9-22(11-14)18(23)13-7-8-16(19-10-13)24-12(2)3/h7-8,10,12,14H,4-6,9,11H2,1-3H3. The number of hydrogen-bond donors (Lipinski definition) is 0. The summed E-state index contributed by atoms with van der Waals surface area (Å²) in [4.78, 5) is 23.2. The highest BCUT2D eigenvalue weighted by Crippen LogP contribution is 2.26. The lowest BCUT2D eigenvalue weighted by atomic mass is 9.97. The van der Waals surface area contributed by atoms with Crippen LogP contribution in [0.3, 0.4) is 0 Å². The van der Waals surface area contributed by atoms with Gasteiger partial charge in [0.2, 0.25) is 11.8 Å². The van der Waals surface area contributed by atoms with Crippen molar-refractivity contribution in [2.75, 3.05) is 13.1 Å². The molecule has 0 N–H and O–H groups in total. The second kappa shape index (κ2) is 7.63. The summed E-state index contributed by atoms with van der Waals surface area (Å²) in [5, 5.41) is 4.06. The molecule has 2 aromatic rings. The Kier molecular flexibility index (Phi) is 5.31. The van der Waals surface area contributed by atoms with Gasteiger partial charge in [0.05, 0.1) is 11.7 Å². The molecule has 0 saturated carbocycles. The molecule has 1 aliphatic heterocycles. The molecule has 7 heteroatoms. The first-order chi connectivity index (χ1) is 12.1. The number of pyridine rings is 1. The van der Waals surface area contributed by atoms with Gasteiger partial charge in [-0.25, -0.2) is 4.98 Å². The Morgan fingerprint density at radius 3 is 2.92 bits per heavy atom. The molecule has 0 spiro atoms. The summed E-state index contributed by atoms with van der Waals surface area (Å²) in [5.74, 6) is 1.98. The fourth-order valence-corrected chi connectivity index (χ4v) is 2.95. The van der Waals surface area contributed by atoms with Crippen LogP contribution in [0.1, 0.15) is 61.6 Å². The molecule has 0 bridgehead atoms. The zero-order valence-electron chi connectivity index (χ0n) is 14.9. The third-order valence-corrected chi connectivity index (χ3v) is 4.20. The number of likely N-dealkylation sites (tertiary alicyclic amines) is 1. The zero-order valence-corrected chi connectivity index (χ0v) is 14.9. The fraction of sp³-hybridized carbons (Fsp3) is 0.556. The van der Waals surface area contributed by atoms with Gasteiger partial charge in [0, 0.05) is 37.7 Å². The molecule has 1 amide bonds. The molecular formula is C18H24N4O3. The predicted molar refractivity (Wildman–Crippen MR) is 91.6 cm³/mol. The van der Waals surface area contributed by atoms with E-state index >= 15 is 0 Å². The topological polar surface area (TPSA) is 81.4 Å². The van der Waals surface area contributed by atoms with Crippen LogP contribution in [0.5, 0.6) is 5.88 Å². The van der Waals surface area contributed by atoms with Crippen LogP contribution < -0.4 is 4.74 Å². The second-order valence-corrected chi connectivity index (χ2v) is 6.54. The van der Waals surface area contributed by atoms with Crippen LogP contribution in [0.2, 0.25) is 0 Å². The van der Waals surface area contributed by atoms with E-state index in [1.807, 2.05) is 25.7 Å². The molecule has 134 valence electrons. The van der Waals surface area contributed by atoms with Crippen molar-refractivity contribution in [1.82, 2.24) is 20.0 Å². The molecular weight excluding hydrogens is 320 g/mol. The zero-order chi connectivity index (χ0) is 17.8. The van der Waals surface area contributed by atoms with Crippen molar-refractivity contribution < 1.29 is 14.1 Å². The second-order valence-electron chi connectivity index (χ2n) is 6.54. The quantitative estimate of drug-likeness (QED) is 0.829. The first kappa shape index (κ1) is 17.4. The molecule has 3 heterocycles. The molecule has 2 aromatic heterocycles. The number of aryl methyl sites for hydroxylation is 1. The largest absolute Gasteiger partial charge is 0.475 e. The van der Waals surface area contributed by atoms with E-state index in [1.54, 1.807) is 18.3 Å². The van der Waals surface area contributed by atoms with Crippen LogP contribution in [-0.4, -0.2) is 45.1 Å². The molecule has 1 aliphatic rings. The maximum Gasteiger partial charge on any atom is 0.255 e. The number of ether oxygens (including phenoxy) is 1. The van der Waals surface area contributed by atoms with Crippen molar-refractivity contribution in [2.45, 2.75) is 52.1 Å². The Hall–Kier alpha value is -2.44. The van der Waals surface area contributed by atoms with E-state index in [0.717, 1.165) is 25.8 Å². The average Bonchev–Trinajstić information content (AvgIpc) is 3.11. The van der Waals surface area contributed by atoms with E-state index in [9.17, 15) is 4.79 Å².